The van der Waals surface area contributed by atoms with E-state index in [1.165, 1.54) is 0 Å². The van der Waals surface area contributed by atoms with Crippen LogP contribution in [0.5, 0.6) is 0 Å². The molecule has 0 aliphatic heterocycles. The van der Waals surface area contributed by atoms with Crippen LogP contribution >= 0.6 is 0 Å². The summed E-state index contributed by atoms with van der Waals surface area (Å²) in [5, 5.41) is 6.05. The maximum Gasteiger partial charge on any atom is 0.224 e. The van der Waals surface area contributed by atoms with Crippen LogP contribution in [0.3, 0.4) is 0 Å². The summed E-state index contributed by atoms with van der Waals surface area (Å²) < 4.78 is 0. The van der Waals surface area contributed by atoms with Crippen LogP contribution in [0.4, 0.5) is 11.8 Å². The number of carbonyl (C=O) groups is 1. The highest BCUT2D eigenvalue weighted by atomic mass is 16.1. The highest BCUT2D eigenvalue weighted by Crippen LogP contribution is 2.11. The Morgan fingerprint density at radius 1 is 1.12 bits per heavy atom. The summed E-state index contributed by atoms with van der Waals surface area (Å²) in [7, 11) is 3.88. The predicted molar refractivity (Wildman–Crippen MR) is 97.5 cm³/mol. The lowest BCUT2D eigenvalue weighted by molar-refractivity contribution is -0.120. The molecule has 0 fully saturated rings. The van der Waals surface area contributed by atoms with E-state index in [0.29, 0.717) is 25.5 Å². The topological polar surface area (TPSA) is 70.2 Å². The van der Waals surface area contributed by atoms with Gasteiger partial charge in [-0.15, -0.1) is 0 Å². The fourth-order valence-electron chi connectivity index (χ4n) is 2.31. The van der Waals surface area contributed by atoms with Gasteiger partial charge in [0.15, 0.2) is 0 Å². The van der Waals surface area contributed by atoms with Gasteiger partial charge in [-0.25, -0.2) is 4.98 Å². The zero-order valence-electron chi connectivity index (χ0n) is 14.8. The third kappa shape index (κ3) is 5.53. The van der Waals surface area contributed by atoms with E-state index in [-0.39, 0.29) is 5.91 Å². The molecule has 6 heteroatoms. The van der Waals surface area contributed by atoms with Gasteiger partial charge >= 0.3 is 0 Å². The van der Waals surface area contributed by atoms with Crippen molar-refractivity contribution < 1.29 is 4.79 Å². The molecule has 0 saturated heterocycles. The zero-order chi connectivity index (χ0) is 17.5. The molecule has 2 N–H and O–H groups in total. The van der Waals surface area contributed by atoms with Gasteiger partial charge in [0, 0.05) is 38.9 Å². The van der Waals surface area contributed by atoms with Gasteiger partial charge in [0.1, 0.15) is 5.82 Å². The lowest BCUT2D eigenvalue weighted by Crippen LogP contribution is -2.30. The Balaban J connectivity index is 1.77. The normalized spacial score (nSPS) is 10.3. The molecule has 0 saturated carbocycles. The summed E-state index contributed by atoms with van der Waals surface area (Å²) in [5.74, 6) is 1.45. The highest BCUT2D eigenvalue weighted by Gasteiger charge is 2.05. The predicted octanol–water partition coefficient (Wildman–Crippen LogP) is 1.93. The Bertz CT molecular complexity index is 700. The van der Waals surface area contributed by atoms with E-state index in [4.69, 9.17) is 0 Å². The van der Waals surface area contributed by atoms with E-state index >= 15 is 0 Å². The number of benzene rings is 1. The number of aromatic nitrogens is 2. The first-order valence-electron chi connectivity index (χ1n) is 8.03. The molecule has 0 aliphatic rings. The Kier molecular flexibility index (Phi) is 6.12. The zero-order valence-corrected chi connectivity index (χ0v) is 14.8. The molecule has 0 radical (unpaired) electrons. The van der Waals surface area contributed by atoms with E-state index in [1.54, 1.807) is 0 Å². The van der Waals surface area contributed by atoms with E-state index in [0.717, 1.165) is 22.6 Å². The van der Waals surface area contributed by atoms with Crippen LogP contribution in [-0.2, 0) is 11.2 Å². The molecule has 6 nitrogen and oxygen atoms in total. The van der Waals surface area contributed by atoms with Gasteiger partial charge in [-0.05, 0) is 19.4 Å². The molecule has 24 heavy (non-hydrogen) atoms. The lowest BCUT2D eigenvalue weighted by atomic mass is 10.1. The number of amides is 1. The van der Waals surface area contributed by atoms with Gasteiger partial charge < -0.3 is 15.5 Å². The molecule has 0 atom stereocenters. The van der Waals surface area contributed by atoms with Gasteiger partial charge in [-0.2, -0.15) is 4.98 Å². The first-order valence-corrected chi connectivity index (χ1v) is 8.03. The van der Waals surface area contributed by atoms with Crippen LogP contribution in [0.15, 0.2) is 30.3 Å². The first-order chi connectivity index (χ1) is 11.4. The number of hydrogen-bond acceptors (Lipinski definition) is 5. The molecule has 1 aromatic heterocycles. The number of carbonyl (C=O) groups excluding carboxylic acids is 1. The second-order valence-corrected chi connectivity index (χ2v) is 6.03. The van der Waals surface area contributed by atoms with Crippen molar-refractivity contribution in [1.82, 2.24) is 15.3 Å². The van der Waals surface area contributed by atoms with Crippen molar-refractivity contribution in [1.29, 1.82) is 0 Å². The van der Waals surface area contributed by atoms with Crippen molar-refractivity contribution >= 4 is 17.7 Å². The van der Waals surface area contributed by atoms with Gasteiger partial charge in [-0.1, -0.05) is 29.8 Å². The Morgan fingerprint density at radius 2 is 1.92 bits per heavy atom. The van der Waals surface area contributed by atoms with Crippen molar-refractivity contribution in [3.8, 4) is 0 Å². The average Bonchev–Trinajstić information content (AvgIpc) is 2.51. The Labute approximate surface area is 143 Å². The molecule has 0 unspecified atom stereocenters. The van der Waals surface area contributed by atoms with E-state index < -0.39 is 0 Å². The molecule has 1 aromatic carbocycles. The fourth-order valence-corrected chi connectivity index (χ4v) is 2.31. The highest BCUT2D eigenvalue weighted by molar-refractivity contribution is 5.78. The summed E-state index contributed by atoms with van der Waals surface area (Å²) in [6.07, 6.45) is 0.396. The minimum Gasteiger partial charge on any atom is -0.363 e. The minimum atomic E-state index is 0.0153. The van der Waals surface area contributed by atoms with E-state index in [2.05, 4.69) is 20.6 Å². The molecule has 2 aromatic rings. The molecule has 1 amide bonds. The van der Waals surface area contributed by atoms with Crippen molar-refractivity contribution in [2.24, 2.45) is 0 Å². The first kappa shape index (κ1) is 17.7. The third-order valence-corrected chi connectivity index (χ3v) is 3.48. The monoisotopic (exact) mass is 327 g/mol. The van der Waals surface area contributed by atoms with E-state index in [1.807, 2.05) is 63.2 Å². The van der Waals surface area contributed by atoms with Crippen molar-refractivity contribution in [3.05, 3.63) is 47.2 Å². The van der Waals surface area contributed by atoms with Gasteiger partial charge in [0.2, 0.25) is 11.9 Å². The molecular formula is C18H25N5O. The third-order valence-electron chi connectivity index (χ3n) is 3.48. The largest absolute Gasteiger partial charge is 0.363 e. The van der Waals surface area contributed by atoms with Crippen LogP contribution in [0, 0.1) is 13.8 Å². The number of aryl methyl sites for hydroxylation is 2. The summed E-state index contributed by atoms with van der Waals surface area (Å²) >= 11 is 0. The molecule has 2 rings (SSSR count). The van der Waals surface area contributed by atoms with Gasteiger partial charge in [0.25, 0.3) is 0 Å². The number of rotatable bonds is 7. The van der Waals surface area contributed by atoms with E-state index in [9.17, 15) is 4.79 Å². The lowest BCUT2D eigenvalue weighted by Gasteiger charge is -2.14. The second kappa shape index (κ2) is 8.29. The number of anilines is 2. The van der Waals surface area contributed by atoms with Crippen LogP contribution in [0.2, 0.25) is 0 Å². The van der Waals surface area contributed by atoms with Gasteiger partial charge in [0.05, 0.1) is 6.42 Å². The maximum atomic E-state index is 12.0. The standard InChI is InChI=1S/C18H25N5O/c1-13-6-5-7-15(10-13)12-17(24)19-8-9-20-18-21-14(2)11-16(22-18)23(3)4/h5-7,10-11H,8-9,12H2,1-4H3,(H,19,24)(H,20,21,22). The Morgan fingerprint density at radius 3 is 2.62 bits per heavy atom. The molecule has 0 bridgehead atoms. The van der Waals surface area contributed by atoms with Crippen LogP contribution < -0.4 is 15.5 Å². The summed E-state index contributed by atoms with van der Waals surface area (Å²) in [6, 6.07) is 9.91. The summed E-state index contributed by atoms with van der Waals surface area (Å²) in [6.45, 7) is 5.06. The summed E-state index contributed by atoms with van der Waals surface area (Å²) in [4.78, 5) is 22.7. The van der Waals surface area contributed by atoms with Gasteiger partial charge in [-0.3, -0.25) is 4.79 Å². The number of nitrogens with zero attached hydrogens (tertiary/aromatic N) is 3. The van der Waals surface area contributed by atoms with Crippen LogP contribution in [0.1, 0.15) is 16.8 Å². The molecular weight excluding hydrogens is 302 g/mol. The molecule has 0 spiro atoms. The quantitative estimate of drug-likeness (QED) is 0.761. The van der Waals surface area contributed by atoms with Crippen LogP contribution in [-0.4, -0.2) is 43.1 Å². The van der Waals surface area contributed by atoms with Crippen molar-refractivity contribution in [2.75, 3.05) is 37.4 Å². The molecule has 0 aliphatic carbocycles. The number of nitrogens with one attached hydrogen (secondary N) is 2. The maximum absolute atomic E-state index is 12.0. The van der Waals surface area contributed by atoms with Crippen molar-refractivity contribution in [3.63, 3.8) is 0 Å². The second-order valence-electron chi connectivity index (χ2n) is 6.03. The van der Waals surface area contributed by atoms with Crippen LogP contribution in [0.25, 0.3) is 0 Å². The van der Waals surface area contributed by atoms with Crippen molar-refractivity contribution in [2.45, 2.75) is 20.3 Å². The minimum absolute atomic E-state index is 0.0153. The fraction of sp³-hybridized carbons (Fsp3) is 0.389. The SMILES string of the molecule is Cc1cccc(CC(=O)NCCNc2nc(C)cc(N(C)C)n2)c1. The molecule has 1 heterocycles. The summed E-state index contributed by atoms with van der Waals surface area (Å²) in [5.41, 5.74) is 3.09. The smallest absolute Gasteiger partial charge is 0.224 e. The average molecular weight is 327 g/mol. The number of hydrogen-bond donors (Lipinski definition) is 2. The Hall–Kier alpha value is -2.63. The molecule has 128 valence electrons.